The summed E-state index contributed by atoms with van der Waals surface area (Å²) in [5.41, 5.74) is -0.0276. The van der Waals surface area contributed by atoms with Crippen LogP contribution in [0.5, 0.6) is 0 Å². The van der Waals surface area contributed by atoms with Gasteiger partial charge in [0, 0.05) is 24.2 Å². The lowest BCUT2D eigenvalue weighted by Crippen LogP contribution is -2.35. The lowest BCUT2D eigenvalue weighted by molar-refractivity contribution is -0.148. The van der Waals surface area contributed by atoms with Crippen molar-refractivity contribution in [3.05, 3.63) is 40.9 Å². The number of hydrogen-bond donors (Lipinski definition) is 1. The van der Waals surface area contributed by atoms with Crippen LogP contribution in [-0.4, -0.2) is 35.0 Å². The molecule has 2 rings (SSSR count). The Balaban J connectivity index is 2.06. The van der Waals surface area contributed by atoms with Crippen molar-refractivity contribution >= 4 is 29.6 Å². The Hall–Kier alpha value is -1.81. The summed E-state index contributed by atoms with van der Waals surface area (Å²) < 4.78 is 0. The van der Waals surface area contributed by atoms with Crippen molar-refractivity contribution in [3.63, 3.8) is 0 Å². The van der Waals surface area contributed by atoms with Crippen LogP contribution < -0.4 is 0 Å². The van der Waals surface area contributed by atoms with E-state index in [2.05, 4.69) is 0 Å². The lowest BCUT2D eigenvalue weighted by Gasteiger charge is -2.22. The fraction of sp³-hybridized carbons (Fsp3) is 0.375. The zero-order chi connectivity index (χ0) is 15.5. The van der Waals surface area contributed by atoms with Crippen LogP contribution in [0.25, 0.3) is 6.08 Å². The third-order valence-electron chi connectivity index (χ3n) is 4.11. The molecule has 1 aliphatic rings. The standard InChI is InChI=1S/C16H18ClNO3/c1-2-16(15(20)21)9-10-18(11-16)14(19)8-7-12-5-3-4-6-13(12)17/h3-8H,2,9-11H2,1H3,(H,20,21). The third kappa shape index (κ3) is 3.27. The summed E-state index contributed by atoms with van der Waals surface area (Å²) in [7, 11) is 0. The molecular weight excluding hydrogens is 290 g/mol. The highest BCUT2D eigenvalue weighted by atomic mass is 35.5. The molecule has 21 heavy (non-hydrogen) atoms. The molecule has 1 fully saturated rings. The molecule has 112 valence electrons. The van der Waals surface area contributed by atoms with E-state index in [1.165, 1.54) is 6.08 Å². The summed E-state index contributed by atoms with van der Waals surface area (Å²) in [6.07, 6.45) is 4.15. The smallest absolute Gasteiger partial charge is 0.311 e. The van der Waals surface area contributed by atoms with E-state index in [9.17, 15) is 14.7 Å². The van der Waals surface area contributed by atoms with Crippen molar-refractivity contribution in [1.82, 2.24) is 4.90 Å². The Labute approximate surface area is 129 Å². The number of aliphatic carboxylic acids is 1. The predicted octanol–water partition coefficient (Wildman–Crippen LogP) is 3.07. The minimum atomic E-state index is -0.824. The fourth-order valence-corrected chi connectivity index (χ4v) is 2.75. The van der Waals surface area contributed by atoms with Gasteiger partial charge in [-0.15, -0.1) is 0 Å². The molecule has 1 aromatic carbocycles. The highest BCUT2D eigenvalue weighted by molar-refractivity contribution is 6.32. The van der Waals surface area contributed by atoms with Gasteiger partial charge in [0.2, 0.25) is 5.91 Å². The summed E-state index contributed by atoms with van der Waals surface area (Å²) in [4.78, 5) is 25.1. The van der Waals surface area contributed by atoms with Gasteiger partial charge in [-0.25, -0.2) is 0 Å². The van der Waals surface area contributed by atoms with E-state index in [-0.39, 0.29) is 12.5 Å². The van der Waals surface area contributed by atoms with Crippen LogP contribution in [0.1, 0.15) is 25.3 Å². The average molecular weight is 308 g/mol. The maximum absolute atomic E-state index is 12.2. The monoisotopic (exact) mass is 307 g/mol. The minimum absolute atomic E-state index is 0.175. The molecule has 1 amide bonds. The first-order valence-electron chi connectivity index (χ1n) is 6.93. The van der Waals surface area contributed by atoms with Crippen molar-refractivity contribution in [2.75, 3.05) is 13.1 Å². The van der Waals surface area contributed by atoms with Gasteiger partial charge in [-0.1, -0.05) is 36.7 Å². The van der Waals surface area contributed by atoms with Crippen LogP contribution in [0.15, 0.2) is 30.3 Å². The van der Waals surface area contributed by atoms with Gasteiger partial charge in [-0.05, 0) is 30.5 Å². The molecule has 1 aromatic rings. The number of nitrogens with zero attached hydrogens (tertiary/aromatic N) is 1. The highest BCUT2D eigenvalue weighted by Gasteiger charge is 2.44. The van der Waals surface area contributed by atoms with Crippen LogP contribution in [0.2, 0.25) is 5.02 Å². The second-order valence-corrected chi connectivity index (χ2v) is 5.71. The molecule has 1 aliphatic heterocycles. The van der Waals surface area contributed by atoms with E-state index in [4.69, 9.17) is 11.6 Å². The Morgan fingerprint density at radius 2 is 2.14 bits per heavy atom. The number of carbonyl (C=O) groups is 2. The number of carboxylic acid groups (broad SMARTS) is 1. The molecule has 0 spiro atoms. The Morgan fingerprint density at radius 3 is 2.71 bits per heavy atom. The number of likely N-dealkylation sites (tertiary alicyclic amines) is 1. The fourth-order valence-electron chi connectivity index (χ4n) is 2.55. The van der Waals surface area contributed by atoms with E-state index in [1.54, 1.807) is 17.0 Å². The molecule has 4 nitrogen and oxygen atoms in total. The normalized spacial score (nSPS) is 21.9. The molecule has 1 unspecified atom stereocenters. The van der Waals surface area contributed by atoms with E-state index in [0.717, 1.165) is 5.56 Å². The zero-order valence-corrected chi connectivity index (χ0v) is 12.6. The molecular formula is C16H18ClNO3. The molecule has 0 aromatic heterocycles. The summed E-state index contributed by atoms with van der Waals surface area (Å²) >= 11 is 6.02. The summed E-state index contributed by atoms with van der Waals surface area (Å²) in [5, 5.41) is 9.91. The lowest BCUT2D eigenvalue weighted by atomic mass is 9.84. The third-order valence-corrected chi connectivity index (χ3v) is 4.45. The van der Waals surface area contributed by atoms with E-state index < -0.39 is 11.4 Å². The van der Waals surface area contributed by atoms with Crippen molar-refractivity contribution in [3.8, 4) is 0 Å². The van der Waals surface area contributed by atoms with Crippen LogP contribution >= 0.6 is 11.6 Å². The van der Waals surface area contributed by atoms with Gasteiger partial charge in [0.25, 0.3) is 0 Å². The van der Waals surface area contributed by atoms with Gasteiger partial charge in [0.1, 0.15) is 0 Å². The van der Waals surface area contributed by atoms with Crippen molar-refractivity contribution in [1.29, 1.82) is 0 Å². The first-order valence-corrected chi connectivity index (χ1v) is 7.31. The molecule has 0 aliphatic carbocycles. The van der Waals surface area contributed by atoms with Crippen molar-refractivity contribution in [2.45, 2.75) is 19.8 Å². The second kappa shape index (κ2) is 6.31. The van der Waals surface area contributed by atoms with Gasteiger partial charge in [-0.2, -0.15) is 0 Å². The molecule has 0 bridgehead atoms. The number of hydrogen-bond acceptors (Lipinski definition) is 2. The van der Waals surface area contributed by atoms with Gasteiger partial charge < -0.3 is 10.0 Å². The zero-order valence-electron chi connectivity index (χ0n) is 11.9. The van der Waals surface area contributed by atoms with Crippen molar-refractivity contribution in [2.24, 2.45) is 5.41 Å². The minimum Gasteiger partial charge on any atom is -0.481 e. The summed E-state index contributed by atoms with van der Waals surface area (Å²) in [5.74, 6) is -0.998. The molecule has 0 radical (unpaired) electrons. The predicted molar refractivity (Wildman–Crippen MR) is 82.0 cm³/mol. The van der Waals surface area contributed by atoms with Crippen molar-refractivity contribution < 1.29 is 14.7 Å². The molecule has 5 heteroatoms. The largest absolute Gasteiger partial charge is 0.481 e. The summed E-state index contributed by atoms with van der Waals surface area (Å²) in [6.45, 7) is 2.60. The number of carbonyl (C=O) groups excluding carboxylic acids is 1. The van der Waals surface area contributed by atoms with Gasteiger partial charge in [-0.3, -0.25) is 9.59 Å². The number of benzene rings is 1. The van der Waals surface area contributed by atoms with Crippen LogP contribution in [0.4, 0.5) is 0 Å². The van der Waals surface area contributed by atoms with Crippen LogP contribution in [0, 0.1) is 5.41 Å². The van der Waals surface area contributed by atoms with Crippen LogP contribution in [0.3, 0.4) is 0 Å². The first kappa shape index (κ1) is 15.6. The Kier molecular flexibility index (Phi) is 4.68. The van der Waals surface area contributed by atoms with Gasteiger partial charge in [0.05, 0.1) is 5.41 Å². The molecule has 1 N–H and O–H groups in total. The Bertz CT molecular complexity index is 585. The average Bonchev–Trinajstić information content (AvgIpc) is 2.92. The SMILES string of the molecule is CCC1(C(=O)O)CCN(C(=O)C=Cc2ccccc2Cl)C1. The molecule has 1 heterocycles. The number of halogens is 1. The molecule has 0 saturated carbocycles. The van der Waals surface area contributed by atoms with E-state index >= 15 is 0 Å². The van der Waals surface area contributed by atoms with Gasteiger partial charge in [0.15, 0.2) is 0 Å². The maximum Gasteiger partial charge on any atom is 0.311 e. The van der Waals surface area contributed by atoms with Crippen LogP contribution in [-0.2, 0) is 9.59 Å². The molecule has 1 saturated heterocycles. The first-order chi connectivity index (χ1) is 9.98. The van der Waals surface area contributed by atoms with E-state index in [1.807, 2.05) is 25.1 Å². The Morgan fingerprint density at radius 1 is 1.43 bits per heavy atom. The maximum atomic E-state index is 12.2. The van der Waals surface area contributed by atoms with Gasteiger partial charge >= 0.3 is 5.97 Å². The highest BCUT2D eigenvalue weighted by Crippen LogP contribution is 2.34. The summed E-state index contributed by atoms with van der Waals surface area (Å²) in [6, 6.07) is 7.25. The topological polar surface area (TPSA) is 57.6 Å². The quantitative estimate of drug-likeness (QED) is 0.870. The molecule has 1 atom stereocenters. The number of rotatable bonds is 4. The van der Waals surface area contributed by atoms with E-state index in [0.29, 0.717) is 24.4 Å². The number of carboxylic acids is 1. The number of amides is 1. The second-order valence-electron chi connectivity index (χ2n) is 5.30.